The summed E-state index contributed by atoms with van der Waals surface area (Å²) in [5, 5.41) is 12.9. The van der Waals surface area contributed by atoms with Crippen molar-refractivity contribution < 1.29 is 10.4 Å². The van der Waals surface area contributed by atoms with E-state index < -0.39 is 11.2 Å². The van der Waals surface area contributed by atoms with Crippen LogP contribution in [0, 0.1) is 6.92 Å². The van der Waals surface area contributed by atoms with E-state index in [9.17, 15) is 14.7 Å². The lowest BCUT2D eigenvalue weighted by atomic mass is 9.90. The van der Waals surface area contributed by atoms with E-state index >= 15 is 0 Å². The molecule has 1 aromatic heterocycles. The summed E-state index contributed by atoms with van der Waals surface area (Å²) in [5.74, 6) is -0.303. The van der Waals surface area contributed by atoms with Crippen molar-refractivity contribution in [3.05, 3.63) is 91.6 Å². The molecule has 6 heteroatoms. The summed E-state index contributed by atoms with van der Waals surface area (Å²) in [6.07, 6.45) is 0.906. The number of nitrogens with two attached hydrogens (primary N) is 1. The lowest BCUT2D eigenvalue weighted by Crippen LogP contribution is -2.87. The van der Waals surface area contributed by atoms with Gasteiger partial charge in [0.05, 0.1) is 12.2 Å². The van der Waals surface area contributed by atoms with Gasteiger partial charge < -0.3 is 10.4 Å². The Kier molecular flexibility index (Phi) is 3.97. The zero-order valence-corrected chi connectivity index (χ0v) is 14.4. The zero-order chi connectivity index (χ0) is 18.3. The van der Waals surface area contributed by atoms with E-state index in [2.05, 4.69) is 4.98 Å². The molecule has 3 aromatic rings. The maximum absolute atomic E-state index is 12.6. The van der Waals surface area contributed by atoms with Crippen molar-refractivity contribution in [1.29, 1.82) is 0 Å². The van der Waals surface area contributed by atoms with Gasteiger partial charge in [-0.25, -0.2) is 9.36 Å². The third-order valence-corrected chi connectivity index (χ3v) is 4.90. The van der Waals surface area contributed by atoms with Crippen molar-refractivity contribution in [2.75, 3.05) is 6.54 Å². The highest BCUT2D eigenvalue weighted by Gasteiger charge is 2.31. The third kappa shape index (κ3) is 2.64. The molecule has 1 atom stereocenters. The fraction of sp³-hybridized carbons (Fsp3) is 0.200. The van der Waals surface area contributed by atoms with Crippen LogP contribution in [0.4, 0.5) is 0 Å². The highest BCUT2D eigenvalue weighted by atomic mass is 16.3. The first-order chi connectivity index (χ1) is 12.6. The van der Waals surface area contributed by atoms with Gasteiger partial charge in [-0.2, -0.15) is 0 Å². The number of H-pyrrole nitrogens is 1. The number of rotatable bonds is 2. The van der Waals surface area contributed by atoms with Gasteiger partial charge in [0.15, 0.2) is 0 Å². The van der Waals surface area contributed by atoms with Crippen LogP contribution in [0.1, 0.15) is 28.3 Å². The smallest absolute Gasteiger partial charge is 0.335 e. The number of nitrogens with one attached hydrogen (secondary N) is 1. The Morgan fingerprint density at radius 3 is 2.77 bits per heavy atom. The molecule has 0 saturated carbocycles. The molecule has 0 spiro atoms. The van der Waals surface area contributed by atoms with Crippen molar-refractivity contribution in [3.63, 3.8) is 0 Å². The van der Waals surface area contributed by atoms with Crippen LogP contribution in [0.5, 0.6) is 5.88 Å². The van der Waals surface area contributed by atoms with Crippen molar-refractivity contribution >= 4 is 0 Å². The Hall–Kier alpha value is -3.12. The van der Waals surface area contributed by atoms with Gasteiger partial charge in [0.25, 0.3) is 5.56 Å². The molecule has 6 nitrogen and oxygen atoms in total. The van der Waals surface area contributed by atoms with Gasteiger partial charge in [0.1, 0.15) is 11.6 Å². The summed E-state index contributed by atoms with van der Waals surface area (Å²) >= 11 is 0. The Labute approximate surface area is 149 Å². The maximum Gasteiger partial charge on any atom is 0.335 e. The first-order valence-electron chi connectivity index (χ1n) is 8.62. The summed E-state index contributed by atoms with van der Waals surface area (Å²) in [7, 11) is 0. The van der Waals surface area contributed by atoms with Crippen LogP contribution in [0.3, 0.4) is 0 Å². The Morgan fingerprint density at radius 1 is 1.15 bits per heavy atom. The second-order valence-electron chi connectivity index (χ2n) is 6.62. The maximum atomic E-state index is 12.6. The normalized spacial score (nSPS) is 16.3. The van der Waals surface area contributed by atoms with Gasteiger partial charge in [-0.05, 0) is 30.2 Å². The largest absolute Gasteiger partial charge is 0.494 e. The molecule has 4 N–H and O–H groups in total. The lowest BCUT2D eigenvalue weighted by Gasteiger charge is -2.24. The molecule has 0 unspecified atom stereocenters. The minimum atomic E-state index is -0.647. The molecule has 0 aliphatic carbocycles. The van der Waals surface area contributed by atoms with Crippen LogP contribution in [0.25, 0.3) is 5.69 Å². The number of hydrogen-bond donors (Lipinski definition) is 3. The van der Waals surface area contributed by atoms with Gasteiger partial charge in [0, 0.05) is 12.0 Å². The summed E-state index contributed by atoms with van der Waals surface area (Å²) in [4.78, 5) is 27.3. The number of aromatic amines is 1. The van der Waals surface area contributed by atoms with E-state index in [1.165, 1.54) is 0 Å². The molecule has 26 heavy (non-hydrogen) atoms. The fourth-order valence-electron chi connectivity index (χ4n) is 3.70. The Morgan fingerprint density at radius 2 is 1.96 bits per heavy atom. The molecule has 1 aliphatic heterocycles. The number of nitrogens with zero attached hydrogens (tertiary/aromatic N) is 1. The van der Waals surface area contributed by atoms with Gasteiger partial charge in [-0.15, -0.1) is 0 Å². The first kappa shape index (κ1) is 16.4. The van der Waals surface area contributed by atoms with Crippen molar-refractivity contribution in [3.8, 4) is 11.6 Å². The molecule has 0 amide bonds. The predicted octanol–water partition coefficient (Wildman–Crippen LogP) is 0.749. The topological polar surface area (TPSA) is 91.7 Å². The molecule has 132 valence electrons. The predicted molar refractivity (Wildman–Crippen MR) is 97.8 cm³/mol. The standard InChI is InChI=1S/C20H19N3O3/c1-12-5-4-7-14(11-12)23-19(25)16(18(24)22-20(23)26)17-15-8-3-2-6-13(15)9-10-21-17/h2-8,11,17,21,25H,9-10H2,1H3,(H,22,24,26)/p+1/t17-/m0/s1. The second-order valence-corrected chi connectivity index (χ2v) is 6.62. The lowest BCUT2D eigenvalue weighted by molar-refractivity contribution is -0.690. The number of aryl methyl sites for hydroxylation is 1. The van der Waals surface area contributed by atoms with E-state index in [0.717, 1.165) is 34.2 Å². The van der Waals surface area contributed by atoms with Gasteiger partial charge in [-0.1, -0.05) is 36.4 Å². The van der Waals surface area contributed by atoms with E-state index in [-0.39, 0.29) is 17.5 Å². The summed E-state index contributed by atoms with van der Waals surface area (Å²) in [5.41, 5.74) is 2.64. The van der Waals surface area contributed by atoms with Crippen molar-refractivity contribution in [1.82, 2.24) is 9.55 Å². The van der Waals surface area contributed by atoms with Crippen LogP contribution in [-0.2, 0) is 6.42 Å². The molecule has 2 aromatic carbocycles. The van der Waals surface area contributed by atoms with E-state index in [4.69, 9.17) is 0 Å². The van der Waals surface area contributed by atoms with Gasteiger partial charge >= 0.3 is 5.69 Å². The molecule has 0 fully saturated rings. The number of benzene rings is 2. The van der Waals surface area contributed by atoms with E-state index in [0.29, 0.717) is 5.69 Å². The van der Waals surface area contributed by atoms with Crippen molar-refractivity contribution in [2.24, 2.45) is 0 Å². The van der Waals surface area contributed by atoms with Crippen LogP contribution in [0.2, 0.25) is 0 Å². The van der Waals surface area contributed by atoms with Crippen LogP contribution in [-0.4, -0.2) is 21.2 Å². The molecule has 0 radical (unpaired) electrons. The molecular weight excluding hydrogens is 330 g/mol. The monoisotopic (exact) mass is 350 g/mol. The van der Waals surface area contributed by atoms with Crippen LogP contribution < -0.4 is 16.6 Å². The number of fused-ring (bicyclic) bond motifs is 1. The zero-order valence-electron chi connectivity index (χ0n) is 14.4. The SMILES string of the molecule is Cc1cccc(-n2c(O)c([C@H]3[NH2+]CCc4ccccc43)c(=O)[nH]c2=O)c1. The molecule has 1 aliphatic rings. The second kappa shape index (κ2) is 6.31. The highest BCUT2D eigenvalue weighted by Crippen LogP contribution is 2.28. The third-order valence-electron chi connectivity index (χ3n) is 4.90. The van der Waals surface area contributed by atoms with Crippen molar-refractivity contribution in [2.45, 2.75) is 19.4 Å². The molecule has 4 rings (SSSR count). The summed E-state index contributed by atoms with van der Waals surface area (Å²) in [6, 6.07) is 14.8. The Bertz CT molecular complexity index is 1100. The number of hydrogen-bond acceptors (Lipinski definition) is 3. The minimum absolute atomic E-state index is 0.207. The number of aromatic nitrogens is 2. The Balaban J connectivity index is 1.96. The number of aromatic hydroxyl groups is 1. The average molecular weight is 350 g/mol. The van der Waals surface area contributed by atoms with Gasteiger partial charge in [-0.3, -0.25) is 9.78 Å². The molecular formula is C20H20N3O3+. The van der Waals surface area contributed by atoms with E-state index in [1.54, 1.807) is 12.1 Å². The average Bonchev–Trinajstić information content (AvgIpc) is 2.61. The minimum Gasteiger partial charge on any atom is -0.494 e. The van der Waals surface area contributed by atoms with Gasteiger partial charge in [0.2, 0.25) is 5.88 Å². The van der Waals surface area contributed by atoms with E-state index in [1.807, 2.05) is 48.6 Å². The fourth-order valence-corrected chi connectivity index (χ4v) is 3.70. The highest BCUT2D eigenvalue weighted by molar-refractivity contribution is 5.44. The summed E-state index contributed by atoms with van der Waals surface area (Å²) < 4.78 is 1.16. The van der Waals surface area contributed by atoms with Crippen LogP contribution >= 0.6 is 0 Å². The summed E-state index contributed by atoms with van der Waals surface area (Å²) in [6.45, 7) is 2.72. The van der Waals surface area contributed by atoms with Crippen LogP contribution in [0.15, 0.2) is 58.1 Å². The first-order valence-corrected chi connectivity index (χ1v) is 8.62. The molecule has 0 bridgehead atoms. The molecule has 2 heterocycles. The number of quaternary nitrogens is 1. The molecule has 0 saturated heterocycles. The quantitative estimate of drug-likeness (QED) is 0.637.